The van der Waals surface area contributed by atoms with Crippen molar-refractivity contribution in [1.82, 2.24) is 19.4 Å². The minimum Gasteiger partial charge on any atom is -0.335 e. The van der Waals surface area contributed by atoms with Crippen LogP contribution in [0.25, 0.3) is 0 Å². The highest BCUT2D eigenvalue weighted by molar-refractivity contribution is 4.89. The molecule has 0 radical (unpaired) electrons. The molecule has 4 nitrogen and oxygen atoms in total. The third kappa shape index (κ3) is 4.11. The van der Waals surface area contributed by atoms with E-state index in [1.807, 2.05) is 6.20 Å². The zero-order valence-electron chi connectivity index (χ0n) is 14.4. The number of imidazole rings is 1. The summed E-state index contributed by atoms with van der Waals surface area (Å²) in [6.07, 6.45) is 10.9. The van der Waals surface area contributed by atoms with Crippen molar-refractivity contribution in [2.45, 2.75) is 58.5 Å². The number of rotatable bonds is 6. The average molecular weight is 304 g/mol. The first-order valence-electron chi connectivity index (χ1n) is 9.16. The maximum atomic E-state index is 4.31. The molecule has 2 fully saturated rings. The third-order valence-electron chi connectivity index (χ3n) is 5.70. The molecule has 2 aliphatic rings. The van der Waals surface area contributed by atoms with Crippen LogP contribution in [0.5, 0.6) is 0 Å². The first kappa shape index (κ1) is 16.0. The van der Waals surface area contributed by atoms with Gasteiger partial charge in [-0.3, -0.25) is 0 Å². The van der Waals surface area contributed by atoms with E-state index in [1.54, 1.807) is 0 Å². The lowest BCUT2D eigenvalue weighted by Gasteiger charge is -2.37. The van der Waals surface area contributed by atoms with Gasteiger partial charge in [-0.25, -0.2) is 4.98 Å². The Balaban J connectivity index is 1.37. The Morgan fingerprint density at radius 1 is 1.18 bits per heavy atom. The van der Waals surface area contributed by atoms with E-state index in [9.17, 15) is 0 Å². The van der Waals surface area contributed by atoms with E-state index in [2.05, 4.69) is 39.4 Å². The predicted molar refractivity (Wildman–Crippen MR) is 91.0 cm³/mol. The van der Waals surface area contributed by atoms with E-state index in [4.69, 9.17) is 0 Å². The molecule has 1 aromatic rings. The van der Waals surface area contributed by atoms with Crippen LogP contribution in [0.4, 0.5) is 0 Å². The number of aromatic nitrogens is 2. The maximum absolute atomic E-state index is 4.31. The quantitative estimate of drug-likeness (QED) is 0.808. The Bertz CT molecular complexity index is 442. The molecule has 2 saturated heterocycles. The molecule has 0 bridgehead atoms. The topological polar surface area (TPSA) is 24.3 Å². The van der Waals surface area contributed by atoms with Crippen LogP contribution in [0.2, 0.25) is 0 Å². The molecule has 1 aromatic heterocycles. The van der Waals surface area contributed by atoms with Crippen molar-refractivity contribution < 1.29 is 0 Å². The van der Waals surface area contributed by atoms with Gasteiger partial charge in [0.2, 0.25) is 0 Å². The Kier molecular flexibility index (Phi) is 5.53. The average Bonchev–Trinajstić information content (AvgIpc) is 3.17. The molecule has 4 heteroatoms. The van der Waals surface area contributed by atoms with Gasteiger partial charge < -0.3 is 14.4 Å². The molecule has 0 amide bonds. The van der Waals surface area contributed by atoms with E-state index in [1.165, 1.54) is 64.8 Å². The normalized spacial score (nSPS) is 23.2. The monoisotopic (exact) mass is 304 g/mol. The van der Waals surface area contributed by atoms with Gasteiger partial charge in [0.15, 0.2) is 0 Å². The zero-order valence-corrected chi connectivity index (χ0v) is 14.4. The van der Waals surface area contributed by atoms with Gasteiger partial charge in [-0.1, -0.05) is 0 Å². The van der Waals surface area contributed by atoms with Gasteiger partial charge in [0.05, 0.1) is 0 Å². The summed E-state index contributed by atoms with van der Waals surface area (Å²) in [5.74, 6) is 2.08. The fourth-order valence-corrected chi connectivity index (χ4v) is 4.06. The largest absolute Gasteiger partial charge is 0.335 e. The second kappa shape index (κ2) is 7.60. The zero-order chi connectivity index (χ0) is 15.4. The lowest BCUT2D eigenvalue weighted by atomic mass is 9.95. The molecule has 0 aliphatic carbocycles. The second-order valence-electron chi connectivity index (χ2n) is 7.29. The summed E-state index contributed by atoms with van der Waals surface area (Å²) in [6.45, 7) is 12.2. The Morgan fingerprint density at radius 3 is 2.55 bits per heavy atom. The molecule has 0 spiro atoms. The van der Waals surface area contributed by atoms with Crippen molar-refractivity contribution in [3.63, 3.8) is 0 Å². The van der Waals surface area contributed by atoms with Crippen LogP contribution in [0, 0.1) is 12.8 Å². The molecule has 22 heavy (non-hydrogen) atoms. The minimum absolute atomic E-state index is 0.689. The summed E-state index contributed by atoms with van der Waals surface area (Å²) < 4.78 is 2.27. The number of piperidine rings is 1. The summed E-state index contributed by atoms with van der Waals surface area (Å²) in [6, 6.07) is 0.689. The van der Waals surface area contributed by atoms with Crippen LogP contribution in [0.3, 0.4) is 0 Å². The first-order valence-corrected chi connectivity index (χ1v) is 9.16. The van der Waals surface area contributed by atoms with Crippen LogP contribution >= 0.6 is 0 Å². The highest BCUT2D eigenvalue weighted by Gasteiger charge is 2.25. The van der Waals surface area contributed by atoms with Crippen molar-refractivity contribution in [1.29, 1.82) is 0 Å². The van der Waals surface area contributed by atoms with Gasteiger partial charge in [0.1, 0.15) is 5.82 Å². The maximum Gasteiger partial charge on any atom is 0.105 e. The van der Waals surface area contributed by atoms with Crippen molar-refractivity contribution in [3.05, 3.63) is 18.2 Å². The molecule has 1 unspecified atom stereocenters. The molecular formula is C18H32N4. The SMILES string of the molecule is Cc1nccn1CCC(C)N1CCC(CN2CCCC2)CC1. The summed E-state index contributed by atoms with van der Waals surface area (Å²) in [5, 5.41) is 0. The van der Waals surface area contributed by atoms with Gasteiger partial charge in [-0.2, -0.15) is 0 Å². The minimum atomic E-state index is 0.689. The van der Waals surface area contributed by atoms with Crippen LogP contribution in [0.1, 0.15) is 44.9 Å². The molecule has 3 heterocycles. The fourth-order valence-electron chi connectivity index (χ4n) is 4.06. The standard InChI is InChI=1S/C18H32N4/c1-16(5-11-22-14-8-19-17(22)2)21-12-6-18(7-13-21)15-20-9-3-4-10-20/h8,14,16,18H,3-7,9-13,15H2,1-2H3. The van der Waals surface area contributed by atoms with Crippen molar-refractivity contribution >= 4 is 0 Å². The Labute approximate surface area is 135 Å². The molecular weight excluding hydrogens is 272 g/mol. The molecule has 2 aliphatic heterocycles. The van der Waals surface area contributed by atoms with E-state index in [0.29, 0.717) is 6.04 Å². The van der Waals surface area contributed by atoms with Crippen molar-refractivity contribution in [2.24, 2.45) is 5.92 Å². The lowest BCUT2D eigenvalue weighted by molar-refractivity contribution is 0.115. The number of hydrogen-bond donors (Lipinski definition) is 0. The molecule has 0 N–H and O–H groups in total. The fraction of sp³-hybridized carbons (Fsp3) is 0.833. The number of likely N-dealkylation sites (tertiary alicyclic amines) is 2. The second-order valence-corrected chi connectivity index (χ2v) is 7.29. The summed E-state index contributed by atoms with van der Waals surface area (Å²) >= 11 is 0. The predicted octanol–water partition coefficient (Wildman–Crippen LogP) is 2.78. The Morgan fingerprint density at radius 2 is 1.91 bits per heavy atom. The molecule has 0 saturated carbocycles. The molecule has 124 valence electrons. The van der Waals surface area contributed by atoms with Gasteiger partial charge in [-0.05, 0) is 78.0 Å². The van der Waals surface area contributed by atoms with Crippen LogP contribution in [0.15, 0.2) is 12.4 Å². The summed E-state index contributed by atoms with van der Waals surface area (Å²) in [5.41, 5.74) is 0. The first-order chi connectivity index (χ1) is 10.7. The smallest absolute Gasteiger partial charge is 0.105 e. The molecule has 1 atom stereocenters. The van der Waals surface area contributed by atoms with Crippen molar-refractivity contribution in [3.8, 4) is 0 Å². The van der Waals surface area contributed by atoms with Crippen LogP contribution in [-0.2, 0) is 6.54 Å². The van der Waals surface area contributed by atoms with E-state index < -0.39 is 0 Å². The van der Waals surface area contributed by atoms with Gasteiger partial charge in [0.25, 0.3) is 0 Å². The summed E-state index contributed by atoms with van der Waals surface area (Å²) in [7, 11) is 0. The van der Waals surface area contributed by atoms with Gasteiger partial charge >= 0.3 is 0 Å². The van der Waals surface area contributed by atoms with E-state index >= 15 is 0 Å². The third-order valence-corrected chi connectivity index (χ3v) is 5.70. The molecule has 3 rings (SSSR count). The summed E-state index contributed by atoms with van der Waals surface area (Å²) in [4.78, 5) is 9.70. The van der Waals surface area contributed by atoms with Gasteiger partial charge in [0, 0.05) is 31.5 Å². The number of aryl methyl sites for hydroxylation is 2. The molecule has 0 aromatic carbocycles. The number of hydrogen-bond acceptors (Lipinski definition) is 3. The van der Waals surface area contributed by atoms with Gasteiger partial charge in [-0.15, -0.1) is 0 Å². The van der Waals surface area contributed by atoms with Crippen molar-refractivity contribution in [2.75, 3.05) is 32.7 Å². The van der Waals surface area contributed by atoms with E-state index in [0.717, 1.165) is 18.3 Å². The Hall–Kier alpha value is -0.870. The van der Waals surface area contributed by atoms with E-state index in [-0.39, 0.29) is 0 Å². The van der Waals surface area contributed by atoms with Crippen LogP contribution in [-0.4, -0.2) is 58.1 Å². The van der Waals surface area contributed by atoms with Crippen LogP contribution < -0.4 is 0 Å². The highest BCUT2D eigenvalue weighted by atomic mass is 15.2. The highest BCUT2D eigenvalue weighted by Crippen LogP contribution is 2.22. The lowest BCUT2D eigenvalue weighted by Crippen LogP contribution is -2.42. The number of nitrogens with zero attached hydrogens (tertiary/aromatic N) is 4.